The SMILES string of the molecule is Cc1ccc(C(=O)[C@H](C)OC(=O)c2ccccc2Br)cc1. The summed E-state index contributed by atoms with van der Waals surface area (Å²) < 4.78 is 5.89. The van der Waals surface area contributed by atoms with Crippen molar-refractivity contribution in [2.75, 3.05) is 0 Å². The van der Waals surface area contributed by atoms with Crippen LogP contribution in [0.15, 0.2) is 53.0 Å². The maximum Gasteiger partial charge on any atom is 0.339 e. The topological polar surface area (TPSA) is 43.4 Å². The Kier molecular flexibility index (Phi) is 4.91. The van der Waals surface area contributed by atoms with Crippen LogP contribution < -0.4 is 0 Å². The van der Waals surface area contributed by atoms with Crippen molar-refractivity contribution in [3.8, 4) is 0 Å². The van der Waals surface area contributed by atoms with Gasteiger partial charge < -0.3 is 4.74 Å². The number of aryl methyl sites for hydroxylation is 1. The standard InChI is InChI=1S/C17H15BrO3/c1-11-7-9-13(10-8-11)16(19)12(2)21-17(20)14-5-3-4-6-15(14)18/h3-10,12H,1-2H3/t12-/m0/s1. The number of carbonyl (C=O) groups excluding carboxylic acids is 2. The molecule has 21 heavy (non-hydrogen) atoms. The normalized spacial score (nSPS) is 11.8. The third-order valence-corrected chi connectivity index (χ3v) is 3.77. The number of benzene rings is 2. The molecule has 0 saturated carbocycles. The maximum absolute atomic E-state index is 12.2. The minimum atomic E-state index is -0.827. The van der Waals surface area contributed by atoms with E-state index in [1.165, 1.54) is 0 Å². The molecule has 2 aromatic carbocycles. The number of carbonyl (C=O) groups is 2. The highest BCUT2D eigenvalue weighted by Gasteiger charge is 2.21. The van der Waals surface area contributed by atoms with Crippen LogP contribution in [-0.2, 0) is 4.74 Å². The van der Waals surface area contributed by atoms with E-state index in [2.05, 4.69) is 15.9 Å². The van der Waals surface area contributed by atoms with Crippen molar-refractivity contribution in [1.29, 1.82) is 0 Å². The second-order valence-electron chi connectivity index (χ2n) is 4.76. The van der Waals surface area contributed by atoms with E-state index in [9.17, 15) is 9.59 Å². The van der Waals surface area contributed by atoms with Crippen molar-refractivity contribution < 1.29 is 14.3 Å². The molecule has 0 bridgehead atoms. The van der Waals surface area contributed by atoms with Crippen LogP contribution in [0.4, 0.5) is 0 Å². The minimum absolute atomic E-state index is 0.213. The van der Waals surface area contributed by atoms with Crippen LogP contribution in [0.25, 0.3) is 0 Å². The second kappa shape index (κ2) is 6.68. The summed E-state index contributed by atoms with van der Waals surface area (Å²) >= 11 is 3.29. The van der Waals surface area contributed by atoms with E-state index in [0.29, 0.717) is 15.6 Å². The predicted molar refractivity (Wildman–Crippen MR) is 84.5 cm³/mol. The first-order valence-corrected chi connectivity index (χ1v) is 7.34. The van der Waals surface area contributed by atoms with Crippen LogP contribution in [0.2, 0.25) is 0 Å². The summed E-state index contributed by atoms with van der Waals surface area (Å²) in [5, 5.41) is 0. The molecule has 0 aliphatic rings. The molecule has 1 atom stereocenters. The molecule has 0 aromatic heterocycles. The van der Waals surface area contributed by atoms with Crippen LogP contribution in [0.1, 0.15) is 33.2 Å². The summed E-state index contributed by atoms with van der Waals surface area (Å²) in [7, 11) is 0. The Morgan fingerprint density at radius 3 is 2.29 bits per heavy atom. The number of ketones is 1. The summed E-state index contributed by atoms with van der Waals surface area (Å²) in [6.07, 6.45) is -0.827. The lowest BCUT2D eigenvalue weighted by molar-refractivity contribution is 0.0318. The van der Waals surface area contributed by atoms with Gasteiger partial charge in [-0.25, -0.2) is 4.79 Å². The lowest BCUT2D eigenvalue weighted by Gasteiger charge is -2.13. The van der Waals surface area contributed by atoms with E-state index in [-0.39, 0.29) is 5.78 Å². The number of esters is 1. The summed E-state index contributed by atoms with van der Waals surface area (Å²) in [6, 6.07) is 14.1. The molecule has 0 aliphatic carbocycles. The fraction of sp³-hybridized carbons (Fsp3) is 0.176. The van der Waals surface area contributed by atoms with E-state index in [0.717, 1.165) is 5.56 Å². The molecule has 4 heteroatoms. The summed E-state index contributed by atoms with van der Waals surface area (Å²) in [5.74, 6) is -0.731. The number of hydrogen-bond donors (Lipinski definition) is 0. The van der Waals surface area contributed by atoms with Gasteiger partial charge in [-0.3, -0.25) is 4.79 Å². The Labute approximate surface area is 132 Å². The molecule has 0 N–H and O–H groups in total. The van der Waals surface area contributed by atoms with Crippen LogP contribution >= 0.6 is 15.9 Å². The molecule has 3 nitrogen and oxygen atoms in total. The maximum atomic E-state index is 12.2. The number of Topliss-reactive ketones (excluding diaryl/α,β-unsaturated/α-hetero) is 1. The van der Waals surface area contributed by atoms with Crippen molar-refractivity contribution >= 4 is 27.7 Å². The van der Waals surface area contributed by atoms with Crippen LogP contribution in [-0.4, -0.2) is 17.9 Å². The first-order valence-electron chi connectivity index (χ1n) is 6.55. The Bertz CT molecular complexity index is 662. The molecule has 0 spiro atoms. The highest BCUT2D eigenvalue weighted by atomic mass is 79.9. The first kappa shape index (κ1) is 15.4. The molecule has 0 radical (unpaired) electrons. The van der Waals surface area contributed by atoms with Crippen LogP contribution in [0.5, 0.6) is 0 Å². The predicted octanol–water partition coefficient (Wildman–Crippen LogP) is 4.19. The largest absolute Gasteiger partial charge is 0.451 e. The van der Waals surface area contributed by atoms with Gasteiger partial charge in [0, 0.05) is 10.0 Å². The minimum Gasteiger partial charge on any atom is -0.451 e. The first-order chi connectivity index (χ1) is 9.99. The molecule has 0 fully saturated rings. The van der Waals surface area contributed by atoms with Gasteiger partial charge in [-0.2, -0.15) is 0 Å². The fourth-order valence-corrected chi connectivity index (χ4v) is 2.30. The summed E-state index contributed by atoms with van der Waals surface area (Å²) in [4.78, 5) is 24.3. The van der Waals surface area contributed by atoms with Gasteiger partial charge in [0.2, 0.25) is 5.78 Å². The number of hydrogen-bond acceptors (Lipinski definition) is 3. The lowest BCUT2D eigenvalue weighted by atomic mass is 10.1. The molecule has 0 aliphatic heterocycles. The van der Waals surface area contributed by atoms with Crippen LogP contribution in [0, 0.1) is 6.92 Å². The van der Waals surface area contributed by atoms with Crippen molar-refractivity contribution in [1.82, 2.24) is 0 Å². The molecule has 0 saturated heterocycles. The molecule has 108 valence electrons. The highest BCUT2D eigenvalue weighted by molar-refractivity contribution is 9.10. The molecule has 2 rings (SSSR count). The lowest BCUT2D eigenvalue weighted by Crippen LogP contribution is -2.24. The van der Waals surface area contributed by atoms with E-state index < -0.39 is 12.1 Å². The summed E-state index contributed by atoms with van der Waals surface area (Å²) in [6.45, 7) is 3.53. The van der Waals surface area contributed by atoms with Gasteiger partial charge in [-0.05, 0) is 41.9 Å². The second-order valence-corrected chi connectivity index (χ2v) is 5.61. The molecule has 0 amide bonds. The number of halogens is 1. The van der Waals surface area contributed by atoms with Gasteiger partial charge in [0.25, 0.3) is 0 Å². The fourth-order valence-electron chi connectivity index (χ4n) is 1.86. The van der Waals surface area contributed by atoms with Crippen molar-refractivity contribution in [2.24, 2.45) is 0 Å². The Morgan fingerprint density at radius 2 is 1.67 bits per heavy atom. The quantitative estimate of drug-likeness (QED) is 0.615. The van der Waals surface area contributed by atoms with E-state index >= 15 is 0 Å². The smallest absolute Gasteiger partial charge is 0.339 e. The van der Waals surface area contributed by atoms with Gasteiger partial charge >= 0.3 is 5.97 Å². The van der Waals surface area contributed by atoms with Gasteiger partial charge in [0.05, 0.1) is 5.56 Å². The van der Waals surface area contributed by atoms with Gasteiger partial charge in [-0.15, -0.1) is 0 Å². The monoisotopic (exact) mass is 346 g/mol. The zero-order valence-electron chi connectivity index (χ0n) is 11.8. The molecular formula is C17H15BrO3. The van der Waals surface area contributed by atoms with Crippen LogP contribution in [0.3, 0.4) is 0 Å². The Hall–Kier alpha value is -1.94. The zero-order valence-corrected chi connectivity index (χ0v) is 13.4. The number of ether oxygens (including phenoxy) is 1. The zero-order chi connectivity index (χ0) is 15.4. The van der Waals surface area contributed by atoms with E-state index in [4.69, 9.17) is 4.74 Å². The highest BCUT2D eigenvalue weighted by Crippen LogP contribution is 2.18. The van der Waals surface area contributed by atoms with E-state index in [1.807, 2.05) is 25.1 Å². The Morgan fingerprint density at radius 1 is 1.05 bits per heavy atom. The van der Waals surface area contributed by atoms with Gasteiger partial charge in [0.1, 0.15) is 0 Å². The molecule has 0 heterocycles. The molecule has 2 aromatic rings. The van der Waals surface area contributed by atoms with Gasteiger partial charge in [-0.1, -0.05) is 42.0 Å². The van der Waals surface area contributed by atoms with Crippen molar-refractivity contribution in [3.63, 3.8) is 0 Å². The van der Waals surface area contributed by atoms with Crippen molar-refractivity contribution in [2.45, 2.75) is 20.0 Å². The molecular weight excluding hydrogens is 332 g/mol. The van der Waals surface area contributed by atoms with E-state index in [1.54, 1.807) is 37.3 Å². The average Bonchev–Trinajstić information content (AvgIpc) is 2.47. The van der Waals surface area contributed by atoms with Gasteiger partial charge in [0.15, 0.2) is 6.10 Å². The molecule has 0 unspecified atom stereocenters. The van der Waals surface area contributed by atoms with Crippen molar-refractivity contribution in [3.05, 3.63) is 69.7 Å². The number of rotatable bonds is 4. The summed E-state index contributed by atoms with van der Waals surface area (Å²) in [5.41, 5.74) is 2.01. The third-order valence-electron chi connectivity index (χ3n) is 3.08. The average molecular weight is 347 g/mol. The Balaban J connectivity index is 2.09. The third kappa shape index (κ3) is 3.79.